The number of primary amides is 1. The van der Waals surface area contributed by atoms with E-state index in [9.17, 15) is 14.4 Å². The first-order valence-electron chi connectivity index (χ1n) is 4.65. The Labute approximate surface area is 96.6 Å². The molecule has 5 N–H and O–H groups in total. The Morgan fingerprint density at radius 3 is 2.24 bits per heavy atom. The topological polar surface area (TPSA) is 122 Å². The summed E-state index contributed by atoms with van der Waals surface area (Å²) in [6.45, 7) is -0.444. The normalized spacial score (nSPS) is 9.41. The second-order valence-electron chi connectivity index (χ2n) is 3.14. The van der Waals surface area contributed by atoms with Gasteiger partial charge in [0.15, 0.2) is 0 Å². The zero-order valence-corrected chi connectivity index (χ0v) is 8.77. The highest BCUT2D eigenvalue weighted by molar-refractivity contribution is 5.96. The standard InChI is InChI=1S/C10H11N3O4/c11-10(17)13-7-3-1-6(2-4-7)9(16)12-5-8(14)15/h1-4H,5H2,(H,12,16)(H,14,15)(H3,11,13,17). The van der Waals surface area contributed by atoms with Crippen molar-refractivity contribution in [3.8, 4) is 0 Å². The Hall–Kier alpha value is -2.57. The summed E-state index contributed by atoms with van der Waals surface area (Å²) >= 11 is 0. The van der Waals surface area contributed by atoms with Crippen molar-refractivity contribution >= 4 is 23.6 Å². The van der Waals surface area contributed by atoms with Crippen LogP contribution in [0.25, 0.3) is 0 Å². The smallest absolute Gasteiger partial charge is 0.322 e. The number of carbonyl (C=O) groups excluding carboxylic acids is 2. The highest BCUT2D eigenvalue weighted by Gasteiger charge is 2.06. The summed E-state index contributed by atoms with van der Waals surface area (Å²) in [6, 6.07) is 5.17. The van der Waals surface area contributed by atoms with Gasteiger partial charge in [0.05, 0.1) is 0 Å². The van der Waals surface area contributed by atoms with Crippen LogP contribution in [-0.4, -0.2) is 29.6 Å². The van der Waals surface area contributed by atoms with Gasteiger partial charge in [0.25, 0.3) is 5.91 Å². The van der Waals surface area contributed by atoms with Gasteiger partial charge >= 0.3 is 12.0 Å². The predicted octanol–water partition coefficient (Wildman–Crippen LogP) is -0.00840. The number of carboxylic acids is 1. The first-order valence-corrected chi connectivity index (χ1v) is 4.65. The summed E-state index contributed by atoms with van der Waals surface area (Å²) in [5, 5.41) is 12.9. The van der Waals surface area contributed by atoms with Gasteiger partial charge in [-0.3, -0.25) is 9.59 Å². The molecule has 0 atom stereocenters. The molecule has 7 heteroatoms. The molecule has 7 nitrogen and oxygen atoms in total. The molecule has 0 spiro atoms. The molecule has 0 aliphatic rings. The number of hydrogen-bond donors (Lipinski definition) is 4. The molecule has 0 saturated carbocycles. The molecule has 0 fully saturated rings. The van der Waals surface area contributed by atoms with Gasteiger partial charge in [0, 0.05) is 11.3 Å². The third-order valence-corrected chi connectivity index (χ3v) is 1.81. The van der Waals surface area contributed by atoms with Gasteiger partial charge in [-0.25, -0.2) is 4.79 Å². The first kappa shape index (κ1) is 12.5. The average molecular weight is 237 g/mol. The molecular weight excluding hydrogens is 226 g/mol. The van der Waals surface area contributed by atoms with Crippen LogP contribution in [0.5, 0.6) is 0 Å². The maximum absolute atomic E-state index is 11.4. The fourth-order valence-corrected chi connectivity index (χ4v) is 1.11. The molecule has 0 aliphatic heterocycles. The number of nitrogens with two attached hydrogens (primary N) is 1. The summed E-state index contributed by atoms with van der Waals surface area (Å²) in [6.07, 6.45) is 0. The molecule has 1 rings (SSSR count). The Morgan fingerprint density at radius 2 is 1.76 bits per heavy atom. The number of carboxylic acid groups (broad SMARTS) is 1. The second-order valence-corrected chi connectivity index (χ2v) is 3.14. The lowest BCUT2D eigenvalue weighted by atomic mass is 10.2. The van der Waals surface area contributed by atoms with E-state index >= 15 is 0 Å². The maximum Gasteiger partial charge on any atom is 0.322 e. The SMILES string of the molecule is NC(=O)Nc1ccc(C(=O)NCC(=O)O)cc1. The van der Waals surface area contributed by atoms with Crippen LogP contribution in [0.3, 0.4) is 0 Å². The average Bonchev–Trinajstić information content (AvgIpc) is 2.26. The second kappa shape index (κ2) is 5.50. The summed E-state index contributed by atoms with van der Waals surface area (Å²) in [7, 11) is 0. The highest BCUT2D eigenvalue weighted by atomic mass is 16.4. The van der Waals surface area contributed by atoms with Crippen LogP contribution in [0.4, 0.5) is 10.5 Å². The zero-order chi connectivity index (χ0) is 12.8. The Balaban J connectivity index is 2.63. The summed E-state index contributed by atoms with van der Waals surface area (Å²) in [5.41, 5.74) is 5.65. The minimum absolute atomic E-state index is 0.293. The molecule has 17 heavy (non-hydrogen) atoms. The Morgan fingerprint density at radius 1 is 1.18 bits per heavy atom. The molecule has 0 bridgehead atoms. The van der Waals surface area contributed by atoms with Crippen LogP contribution in [0, 0.1) is 0 Å². The minimum atomic E-state index is -1.12. The number of anilines is 1. The van der Waals surface area contributed by atoms with Gasteiger partial charge in [-0.1, -0.05) is 0 Å². The van der Waals surface area contributed by atoms with E-state index in [2.05, 4.69) is 10.6 Å². The van der Waals surface area contributed by atoms with Crippen LogP contribution >= 0.6 is 0 Å². The van der Waals surface area contributed by atoms with Gasteiger partial charge in [-0.15, -0.1) is 0 Å². The quantitative estimate of drug-likeness (QED) is 0.588. The Kier molecular flexibility index (Phi) is 4.04. The predicted molar refractivity (Wildman–Crippen MR) is 59.6 cm³/mol. The van der Waals surface area contributed by atoms with Crippen molar-refractivity contribution in [1.82, 2.24) is 5.32 Å². The van der Waals surface area contributed by atoms with Gasteiger partial charge in [0.2, 0.25) is 0 Å². The molecule has 1 aromatic rings. The van der Waals surface area contributed by atoms with Crippen LogP contribution in [-0.2, 0) is 4.79 Å². The van der Waals surface area contributed by atoms with Gasteiger partial charge in [-0.2, -0.15) is 0 Å². The molecule has 0 heterocycles. The van der Waals surface area contributed by atoms with E-state index in [-0.39, 0.29) is 0 Å². The molecular formula is C10H11N3O4. The fraction of sp³-hybridized carbons (Fsp3) is 0.100. The molecule has 0 saturated heterocycles. The lowest BCUT2D eigenvalue weighted by molar-refractivity contribution is -0.135. The third kappa shape index (κ3) is 4.20. The van der Waals surface area contributed by atoms with Crippen LogP contribution in [0.2, 0.25) is 0 Å². The third-order valence-electron chi connectivity index (χ3n) is 1.81. The molecule has 0 aromatic heterocycles. The number of rotatable bonds is 4. The number of benzene rings is 1. The van der Waals surface area contributed by atoms with Crippen LogP contribution in [0.1, 0.15) is 10.4 Å². The van der Waals surface area contributed by atoms with Gasteiger partial charge < -0.3 is 21.5 Å². The van der Waals surface area contributed by atoms with Gasteiger partial charge in [-0.05, 0) is 24.3 Å². The number of nitrogens with one attached hydrogen (secondary N) is 2. The number of amides is 3. The summed E-state index contributed by atoms with van der Waals surface area (Å²) < 4.78 is 0. The minimum Gasteiger partial charge on any atom is -0.480 e. The monoisotopic (exact) mass is 237 g/mol. The highest BCUT2D eigenvalue weighted by Crippen LogP contribution is 2.08. The Bertz CT molecular complexity index is 441. The maximum atomic E-state index is 11.4. The van der Waals surface area contributed by atoms with E-state index in [1.165, 1.54) is 24.3 Å². The largest absolute Gasteiger partial charge is 0.480 e. The van der Waals surface area contributed by atoms with Crippen molar-refractivity contribution in [2.45, 2.75) is 0 Å². The van der Waals surface area contributed by atoms with E-state index < -0.39 is 24.5 Å². The van der Waals surface area contributed by atoms with Crippen LogP contribution in [0.15, 0.2) is 24.3 Å². The van der Waals surface area contributed by atoms with E-state index in [4.69, 9.17) is 10.8 Å². The number of urea groups is 1. The molecule has 90 valence electrons. The van der Waals surface area contributed by atoms with Gasteiger partial charge in [0.1, 0.15) is 6.54 Å². The molecule has 0 aliphatic carbocycles. The van der Waals surface area contributed by atoms with E-state index in [0.717, 1.165) is 0 Å². The lowest BCUT2D eigenvalue weighted by Gasteiger charge is -2.04. The van der Waals surface area contributed by atoms with Crippen molar-refractivity contribution in [2.75, 3.05) is 11.9 Å². The summed E-state index contributed by atoms with van der Waals surface area (Å²) in [5.74, 6) is -1.62. The number of hydrogen-bond acceptors (Lipinski definition) is 3. The van der Waals surface area contributed by atoms with Crippen molar-refractivity contribution in [2.24, 2.45) is 5.73 Å². The van der Waals surface area contributed by atoms with Crippen molar-refractivity contribution < 1.29 is 19.5 Å². The molecule has 0 unspecified atom stereocenters. The van der Waals surface area contributed by atoms with E-state index in [0.29, 0.717) is 11.3 Å². The molecule has 1 aromatic carbocycles. The van der Waals surface area contributed by atoms with E-state index in [1.54, 1.807) is 0 Å². The van der Waals surface area contributed by atoms with Crippen molar-refractivity contribution in [3.05, 3.63) is 29.8 Å². The first-order chi connectivity index (χ1) is 7.99. The molecule has 3 amide bonds. The summed E-state index contributed by atoms with van der Waals surface area (Å²) in [4.78, 5) is 32.2. The lowest BCUT2D eigenvalue weighted by Crippen LogP contribution is -2.29. The van der Waals surface area contributed by atoms with Crippen LogP contribution < -0.4 is 16.4 Å². The van der Waals surface area contributed by atoms with E-state index in [1.807, 2.05) is 0 Å². The number of aliphatic carboxylic acids is 1. The number of carbonyl (C=O) groups is 3. The molecule has 0 radical (unpaired) electrons. The fourth-order valence-electron chi connectivity index (χ4n) is 1.11. The van der Waals surface area contributed by atoms with Crippen molar-refractivity contribution in [3.63, 3.8) is 0 Å². The van der Waals surface area contributed by atoms with Crippen molar-refractivity contribution in [1.29, 1.82) is 0 Å². The zero-order valence-electron chi connectivity index (χ0n) is 8.77.